The van der Waals surface area contributed by atoms with Crippen LogP contribution in [-0.4, -0.2) is 29.7 Å². The Balaban J connectivity index is 1.84. The first-order valence-corrected chi connectivity index (χ1v) is 6.54. The second kappa shape index (κ2) is 5.08. The summed E-state index contributed by atoms with van der Waals surface area (Å²) in [7, 11) is 6.13. The minimum absolute atomic E-state index is 0.743. The Labute approximate surface area is 104 Å². The van der Waals surface area contributed by atoms with Crippen molar-refractivity contribution >= 4 is 5.95 Å². The van der Waals surface area contributed by atoms with Crippen molar-refractivity contribution < 1.29 is 0 Å². The van der Waals surface area contributed by atoms with Crippen molar-refractivity contribution in [1.82, 2.24) is 14.9 Å². The zero-order valence-electron chi connectivity index (χ0n) is 11.4. The van der Waals surface area contributed by atoms with E-state index in [1.54, 1.807) is 0 Å². The van der Waals surface area contributed by atoms with Gasteiger partial charge in [-0.3, -0.25) is 0 Å². The number of nitrogens with one attached hydrogen (secondary N) is 1. The molecule has 0 saturated heterocycles. The summed E-state index contributed by atoms with van der Waals surface area (Å²) >= 11 is 0. The highest BCUT2D eigenvalue weighted by Gasteiger charge is 2.35. The molecule has 2 unspecified atom stereocenters. The molecule has 4 heteroatoms. The van der Waals surface area contributed by atoms with Crippen molar-refractivity contribution in [1.29, 1.82) is 0 Å². The third-order valence-electron chi connectivity index (χ3n) is 3.59. The molecule has 1 saturated carbocycles. The van der Waals surface area contributed by atoms with Crippen LogP contribution in [0, 0.1) is 5.92 Å². The van der Waals surface area contributed by atoms with Gasteiger partial charge in [-0.1, -0.05) is 13.3 Å². The minimum atomic E-state index is 0.743. The third-order valence-corrected chi connectivity index (χ3v) is 3.59. The molecule has 2 atom stereocenters. The maximum atomic E-state index is 4.42. The van der Waals surface area contributed by atoms with Crippen LogP contribution in [0.3, 0.4) is 0 Å². The van der Waals surface area contributed by atoms with Gasteiger partial charge < -0.3 is 14.8 Å². The van der Waals surface area contributed by atoms with Crippen LogP contribution in [0.25, 0.3) is 0 Å². The van der Waals surface area contributed by atoms with Crippen molar-refractivity contribution in [2.24, 2.45) is 13.0 Å². The second-order valence-corrected chi connectivity index (χ2v) is 5.27. The monoisotopic (exact) mass is 236 g/mol. The van der Waals surface area contributed by atoms with E-state index in [9.17, 15) is 0 Å². The van der Waals surface area contributed by atoms with Crippen molar-refractivity contribution in [3.8, 4) is 0 Å². The van der Waals surface area contributed by atoms with Crippen LogP contribution in [-0.2, 0) is 13.6 Å². The average molecular weight is 236 g/mol. The molecule has 0 aliphatic heterocycles. The molecule has 1 N–H and O–H groups in total. The van der Waals surface area contributed by atoms with Gasteiger partial charge in [0.1, 0.15) is 0 Å². The normalized spacial score (nSPS) is 22.8. The van der Waals surface area contributed by atoms with Crippen LogP contribution < -0.4 is 10.2 Å². The van der Waals surface area contributed by atoms with Gasteiger partial charge in [0.15, 0.2) is 0 Å². The van der Waals surface area contributed by atoms with Gasteiger partial charge in [0, 0.05) is 33.7 Å². The summed E-state index contributed by atoms with van der Waals surface area (Å²) in [6.45, 7) is 3.20. The van der Waals surface area contributed by atoms with Crippen LogP contribution in [0.4, 0.5) is 5.95 Å². The van der Waals surface area contributed by atoms with E-state index >= 15 is 0 Å². The fourth-order valence-corrected chi connectivity index (χ4v) is 2.44. The first-order chi connectivity index (χ1) is 8.13. The van der Waals surface area contributed by atoms with E-state index in [4.69, 9.17) is 0 Å². The van der Waals surface area contributed by atoms with Gasteiger partial charge in [-0.2, -0.15) is 0 Å². The summed E-state index contributed by atoms with van der Waals surface area (Å²) < 4.78 is 2.16. The molecule has 1 fully saturated rings. The molecule has 0 aromatic carbocycles. The van der Waals surface area contributed by atoms with Gasteiger partial charge in [0.2, 0.25) is 5.95 Å². The topological polar surface area (TPSA) is 33.1 Å². The zero-order valence-corrected chi connectivity index (χ0v) is 11.4. The highest BCUT2D eigenvalue weighted by Crippen LogP contribution is 2.34. The van der Waals surface area contributed by atoms with Gasteiger partial charge in [-0.05, 0) is 18.8 Å². The Morgan fingerprint density at radius 3 is 2.88 bits per heavy atom. The highest BCUT2D eigenvalue weighted by molar-refractivity contribution is 5.30. The lowest BCUT2D eigenvalue weighted by Gasteiger charge is -2.12. The van der Waals surface area contributed by atoms with Gasteiger partial charge in [0.05, 0.1) is 11.9 Å². The Morgan fingerprint density at radius 1 is 1.53 bits per heavy atom. The molecule has 0 bridgehead atoms. The van der Waals surface area contributed by atoms with Gasteiger partial charge in [0.25, 0.3) is 0 Å². The molecule has 1 aromatic rings. The Kier molecular flexibility index (Phi) is 3.72. The van der Waals surface area contributed by atoms with Gasteiger partial charge >= 0.3 is 0 Å². The largest absolute Gasteiger partial charge is 0.348 e. The molecule has 4 nitrogen and oxygen atoms in total. The van der Waals surface area contributed by atoms with E-state index in [0.29, 0.717) is 0 Å². The molecule has 0 radical (unpaired) electrons. The number of anilines is 1. The molecule has 1 aromatic heterocycles. The first-order valence-electron chi connectivity index (χ1n) is 6.54. The van der Waals surface area contributed by atoms with Crippen LogP contribution in [0.1, 0.15) is 31.9 Å². The lowest BCUT2D eigenvalue weighted by molar-refractivity contribution is 0.585. The predicted octanol–water partition coefficient (Wildman–Crippen LogP) is 1.76. The van der Waals surface area contributed by atoms with E-state index in [1.807, 2.05) is 25.2 Å². The molecule has 0 spiro atoms. The molecule has 1 aliphatic rings. The average Bonchev–Trinajstić information content (AvgIpc) is 2.90. The van der Waals surface area contributed by atoms with E-state index in [2.05, 4.69) is 28.8 Å². The fourth-order valence-electron chi connectivity index (χ4n) is 2.44. The van der Waals surface area contributed by atoms with Crippen LogP contribution in [0.2, 0.25) is 0 Å². The smallest absolute Gasteiger partial charge is 0.204 e. The summed E-state index contributed by atoms with van der Waals surface area (Å²) in [5.41, 5.74) is 1.26. The minimum Gasteiger partial charge on any atom is -0.348 e. The maximum absolute atomic E-state index is 4.42. The number of nitrogens with zero attached hydrogens (tertiary/aromatic N) is 3. The van der Waals surface area contributed by atoms with E-state index < -0.39 is 0 Å². The molecule has 17 heavy (non-hydrogen) atoms. The number of aromatic nitrogens is 2. The molecule has 1 heterocycles. The number of hydrogen-bond donors (Lipinski definition) is 1. The lowest BCUT2D eigenvalue weighted by atomic mass is 10.2. The SMILES string of the molecule is CCCC1CC1NCc1cnc(N(C)C)n1C. The quantitative estimate of drug-likeness (QED) is 0.817. The molecule has 96 valence electrons. The van der Waals surface area contributed by atoms with Crippen molar-refractivity contribution in [3.63, 3.8) is 0 Å². The van der Waals surface area contributed by atoms with E-state index in [-0.39, 0.29) is 0 Å². The first kappa shape index (κ1) is 12.4. The number of rotatable bonds is 6. The van der Waals surface area contributed by atoms with Gasteiger partial charge in [-0.25, -0.2) is 4.98 Å². The molecule has 2 rings (SSSR count). The Hall–Kier alpha value is -1.03. The number of hydrogen-bond acceptors (Lipinski definition) is 3. The van der Waals surface area contributed by atoms with Crippen LogP contribution in [0.15, 0.2) is 6.20 Å². The molecule has 1 aliphatic carbocycles. The van der Waals surface area contributed by atoms with Crippen molar-refractivity contribution in [2.75, 3.05) is 19.0 Å². The molecule has 0 amide bonds. The van der Waals surface area contributed by atoms with Crippen molar-refractivity contribution in [3.05, 3.63) is 11.9 Å². The Bertz CT molecular complexity index is 369. The van der Waals surface area contributed by atoms with E-state index in [1.165, 1.54) is 25.0 Å². The summed E-state index contributed by atoms with van der Waals surface area (Å²) in [6.07, 6.45) is 6.00. The van der Waals surface area contributed by atoms with Gasteiger partial charge in [-0.15, -0.1) is 0 Å². The molecular formula is C13H24N4. The zero-order chi connectivity index (χ0) is 12.4. The standard InChI is InChI=1S/C13H24N4/c1-5-6-10-7-12(10)14-8-11-9-15-13(16(2)3)17(11)4/h9-10,12,14H,5-8H2,1-4H3. The number of imidazole rings is 1. The summed E-state index contributed by atoms with van der Waals surface area (Å²) in [5, 5.41) is 3.62. The van der Waals surface area contributed by atoms with Crippen LogP contribution >= 0.6 is 0 Å². The third kappa shape index (κ3) is 2.80. The lowest BCUT2D eigenvalue weighted by Crippen LogP contribution is -2.20. The highest BCUT2D eigenvalue weighted by atomic mass is 15.3. The molecular weight excluding hydrogens is 212 g/mol. The summed E-state index contributed by atoms with van der Waals surface area (Å²) in [6, 6.07) is 0.743. The van der Waals surface area contributed by atoms with E-state index in [0.717, 1.165) is 24.5 Å². The van der Waals surface area contributed by atoms with Crippen molar-refractivity contribution in [2.45, 2.75) is 38.8 Å². The fraction of sp³-hybridized carbons (Fsp3) is 0.769. The Morgan fingerprint density at radius 2 is 2.29 bits per heavy atom. The summed E-state index contributed by atoms with van der Waals surface area (Å²) in [4.78, 5) is 6.46. The second-order valence-electron chi connectivity index (χ2n) is 5.27. The predicted molar refractivity (Wildman–Crippen MR) is 71.2 cm³/mol. The summed E-state index contributed by atoms with van der Waals surface area (Å²) in [5.74, 6) is 1.93. The van der Waals surface area contributed by atoms with Crippen LogP contribution in [0.5, 0.6) is 0 Å². The maximum Gasteiger partial charge on any atom is 0.204 e.